The Hall–Kier alpha value is -2.02. The molecule has 0 saturated carbocycles. The number of halogens is 2. The van der Waals surface area contributed by atoms with Gasteiger partial charge in [-0.2, -0.15) is 0 Å². The molecule has 2 aliphatic rings. The number of ether oxygens (including phenoxy) is 1. The summed E-state index contributed by atoms with van der Waals surface area (Å²) >= 11 is 12.3. The first kappa shape index (κ1) is 22.7. The van der Waals surface area contributed by atoms with Gasteiger partial charge in [-0.1, -0.05) is 41.8 Å². The molecule has 0 bridgehead atoms. The lowest BCUT2D eigenvalue weighted by molar-refractivity contribution is -0.139. The quantitative estimate of drug-likeness (QED) is 0.487. The third-order valence-electron chi connectivity index (χ3n) is 5.34. The number of nitrogens with one attached hydrogen (secondary N) is 1. The lowest BCUT2D eigenvalue weighted by Crippen LogP contribution is -2.51. The molecule has 6 nitrogen and oxygen atoms in total. The second-order valence-electron chi connectivity index (χ2n) is 7.37. The Morgan fingerprint density at radius 2 is 2.00 bits per heavy atom. The number of rotatable bonds is 7. The molecule has 2 heterocycles. The molecule has 1 aromatic rings. The van der Waals surface area contributed by atoms with E-state index in [0.717, 1.165) is 25.9 Å². The van der Waals surface area contributed by atoms with Crippen LogP contribution in [0.3, 0.4) is 0 Å². The summed E-state index contributed by atoms with van der Waals surface area (Å²) < 4.78 is 5.39. The predicted molar refractivity (Wildman–Crippen MR) is 119 cm³/mol. The van der Waals surface area contributed by atoms with Gasteiger partial charge in [0.25, 0.3) is 0 Å². The smallest absolute Gasteiger partial charge is 0.338 e. The Morgan fingerprint density at radius 1 is 1.27 bits per heavy atom. The molecule has 0 aliphatic carbocycles. The number of amides is 2. The van der Waals surface area contributed by atoms with Gasteiger partial charge < -0.3 is 10.1 Å². The Kier molecular flexibility index (Phi) is 7.81. The van der Waals surface area contributed by atoms with Crippen LogP contribution in [0, 0.1) is 0 Å². The molecule has 1 saturated heterocycles. The minimum Gasteiger partial charge on any atom is -0.463 e. The van der Waals surface area contributed by atoms with E-state index in [4.69, 9.17) is 27.9 Å². The molecule has 3 rings (SSSR count). The Bertz CT molecular complexity index is 850. The second kappa shape index (κ2) is 10.3. The lowest BCUT2D eigenvalue weighted by Gasteiger charge is -2.39. The molecule has 0 unspecified atom stereocenters. The van der Waals surface area contributed by atoms with Crippen molar-refractivity contribution in [2.45, 2.75) is 32.2 Å². The molecule has 0 radical (unpaired) electrons. The predicted octanol–water partition coefficient (Wildman–Crippen LogP) is 4.55. The first-order valence-corrected chi connectivity index (χ1v) is 11.0. The Balaban J connectivity index is 2.11. The molecule has 162 valence electrons. The first-order valence-electron chi connectivity index (χ1n) is 10.2. The van der Waals surface area contributed by atoms with E-state index in [1.165, 1.54) is 6.42 Å². The van der Waals surface area contributed by atoms with Crippen molar-refractivity contribution < 1.29 is 14.3 Å². The molecule has 1 atom stereocenters. The maximum atomic E-state index is 13.1. The van der Waals surface area contributed by atoms with Crippen LogP contribution in [0.4, 0.5) is 4.79 Å². The summed E-state index contributed by atoms with van der Waals surface area (Å²) in [7, 11) is 0. The Morgan fingerprint density at radius 3 is 2.63 bits per heavy atom. The largest absolute Gasteiger partial charge is 0.463 e. The lowest BCUT2D eigenvalue weighted by atomic mass is 9.94. The number of benzene rings is 1. The third-order valence-corrected chi connectivity index (χ3v) is 6.08. The highest BCUT2D eigenvalue weighted by atomic mass is 35.5. The van der Waals surface area contributed by atoms with Crippen LogP contribution in [-0.2, 0) is 9.53 Å². The van der Waals surface area contributed by atoms with Crippen molar-refractivity contribution in [3.05, 3.63) is 57.7 Å². The Labute approximate surface area is 187 Å². The van der Waals surface area contributed by atoms with Gasteiger partial charge in [0.15, 0.2) is 0 Å². The van der Waals surface area contributed by atoms with E-state index in [-0.39, 0.29) is 12.6 Å². The summed E-state index contributed by atoms with van der Waals surface area (Å²) in [6.45, 7) is 8.42. The molecule has 2 amide bonds. The number of urea groups is 1. The van der Waals surface area contributed by atoms with E-state index < -0.39 is 12.0 Å². The zero-order valence-electron chi connectivity index (χ0n) is 17.1. The minimum absolute atomic E-state index is 0.239. The van der Waals surface area contributed by atoms with Crippen LogP contribution in [0.15, 0.2) is 42.1 Å². The number of likely N-dealkylation sites (tertiary alicyclic amines) is 1. The summed E-state index contributed by atoms with van der Waals surface area (Å²) in [4.78, 5) is 29.9. The zero-order valence-corrected chi connectivity index (χ0v) is 18.6. The summed E-state index contributed by atoms with van der Waals surface area (Å²) in [5, 5.41) is 3.70. The molecule has 2 aliphatic heterocycles. The molecule has 0 spiro atoms. The molecular formula is C22H27Cl2N3O3. The minimum atomic E-state index is -0.674. The molecular weight excluding hydrogens is 425 g/mol. The SMILES string of the molecule is C=CCN1C(=O)N[C@@H](c2ccc(Cl)c(Cl)c2)C(C(=O)OCC)=C1CN1CCCCC1. The van der Waals surface area contributed by atoms with Gasteiger partial charge in [-0.3, -0.25) is 9.80 Å². The van der Waals surface area contributed by atoms with Gasteiger partial charge in [-0.05, 0) is 50.6 Å². The number of carbonyl (C=O) groups excluding carboxylic acids is 2. The highest BCUT2D eigenvalue weighted by Crippen LogP contribution is 2.35. The molecule has 0 aromatic heterocycles. The van der Waals surface area contributed by atoms with Gasteiger partial charge in [0.1, 0.15) is 0 Å². The second-order valence-corrected chi connectivity index (χ2v) is 8.19. The molecule has 1 N–H and O–H groups in total. The molecule has 1 aromatic carbocycles. The van der Waals surface area contributed by atoms with E-state index in [1.807, 2.05) is 0 Å². The van der Waals surface area contributed by atoms with Crippen molar-refractivity contribution in [1.29, 1.82) is 0 Å². The van der Waals surface area contributed by atoms with Crippen LogP contribution < -0.4 is 5.32 Å². The maximum absolute atomic E-state index is 13.1. The average molecular weight is 452 g/mol. The fourth-order valence-corrected chi connectivity index (χ4v) is 4.22. The summed E-state index contributed by atoms with van der Waals surface area (Å²) in [5.41, 5.74) is 1.74. The monoisotopic (exact) mass is 451 g/mol. The number of hydrogen-bond acceptors (Lipinski definition) is 4. The highest BCUT2D eigenvalue weighted by molar-refractivity contribution is 6.42. The number of piperidine rings is 1. The third kappa shape index (κ3) is 4.99. The summed E-state index contributed by atoms with van der Waals surface area (Å²) in [5.74, 6) is -0.449. The molecule has 8 heteroatoms. The number of hydrogen-bond donors (Lipinski definition) is 1. The van der Waals surface area contributed by atoms with Gasteiger partial charge in [0.05, 0.1) is 28.3 Å². The van der Waals surface area contributed by atoms with E-state index in [1.54, 1.807) is 36.1 Å². The number of esters is 1. The maximum Gasteiger partial charge on any atom is 0.338 e. The summed E-state index contributed by atoms with van der Waals surface area (Å²) in [6, 6.07) is 4.14. The van der Waals surface area contributed by atoms with E-state index in [2.05, 4.69) is 16.8 Å². The van der Waals surface area contributed by atoms with E-state index >= 15 is 0 Å². The molecule has 30 heavy (non-hydrogen) atoms. The van der Waals surface area contributed by atoms with Crippen molar-refractivity contribution in [2.75, 3.05) is 32.8 Å². The van der Waals surface area contributed by atoms with Gasteiger partial charge in [-0.25, -0.2) is 9.59 Å². The average Bonchev–Trinajstić information content (AvgIpc) is 2.73. The number of carbonyl (C=O) groups is 2. The van der Waals surface area contributed by atoms with Crippen LogP contribution in [0.2, 0.25) is 10.0 Å². The number of nitrogens with zero attached hydrogens (tertiary/aromatic N) is 2. The van der Waals surface area contributed by atoms with Crippen LogP contribution in [-0.4, -0.2) is 54.6 Å². The fraction of sp³-hybridized carbons (Fsp3) is 0.455. The van der Waals surface area contributed by atoms with Crippen molar-refractivity contribution in [2.24, 2.45) is 0 Å². The highest BCUT2D eigenvalue weighted by Gasteiger charge is 2.38. The zero-order chi connectivity index (χ0) is 21.7. The van der Waals surface area contributed by atoms with E-state index in [9.17, 15) is 9.59 Å². The first-order chi connectivity index (χ1) is 14.5. The van der Waals surface area contributed by atoms with E-state index in [0.29, 0.717) is 40.0 Å². The van der Waals surface area contributed by atoms with Crippen molar-refractivity contribution in [3.8, 4) is 0 Å². The van der Waals surface area contributed by atoms with Gasteiger partial charge in [0, 0.05) is 18.8 Å². The topological polar surface area (TPSA) is 61.9 Å². The van der Waals surface area contributed by atoms with Gasteiger partial charge in [-0.15, -0.1) is 6.58 Å². The van der Waals surface area contributed by atoms with Crippen molar-refractivity contribution in [3.63, 3.8) is 0 Å². The normalized spacial score (nSPS) is 20.2. The standard InChI is InChI=1S/C22H27Cl2N3O3/c1-3-10-27-18(14-26-11-6-5-7-12-26)19(21(28)30-4-2)20(25-22(27)29)15-8-9-16(23)17(24)13-15/h3,8-9,13,20H,1,4-7,10-12,14H2,2H3,(H,25,29)/t20-/m0/s1. The van der Waals surface area contributed by atoms with Crippen LogP contribution in [0.25, 0.3) is 0 Å². The molecule has 1 fully saturated rings. The van der Waals surface area contributed by atoms with Crippen LogP contribution in [0.5, 0.6) is 0 Å². The van der Waals surface area contributed by atoms with Crippen molar-refractivity contribution in [1.82, 2.24) is 15.1 Å². The van der Waals surface area contributed by atoms with Crippen molar-refractivity contribution >= 4 is 35.2 Å². The van der Waals surface area contributed by atoms with Gasteiger partial charge >= 0.3 is 12.0 Å². The van der Waals surface area contributed by atoms with Crippen LogP contribution in [0.1, 0.15) is 37.8 Å². The van der Waals surface area contributed by atoms with Gasteiger partial charge in [0.2, 0.25) is 0 Å². The fourth-order valence-electron chi connectivity index (χ4n) is 3.92. The van der Waals surface area contributed by atoms with Crippen LogP contribution >= 0.6 is 23.2 Å². The summed E-state index contributed by atoms with van der Waals surface area (Å²) in [6.07, 6.45) is 5.05.